The van der Waals surface area contributed by atoms with E-state index < -0.39 is 15.8 Å². The summed E-state index contributed by atoms with van der Waals surface area (Å²) in [6, 6.07) is 4.06. The van der Waals surface area contributed by atoms with Crippen molar-refractivity contribution in [2.75, 3.05) is 13.1 Å². The molecule has 0 radical (unpaired) electrons. The smallest absolute Gasteiger partial charge is 0.207 e. The largest absolute Gasteiger partial charge is 0.245 e. The van der Waals surface area contributed by atoms with Crippen LogP contribution in [0, 0.1) is 17.2 Å². The number of hydrogen-bond acceptors (Lipinski definition) is 2. The fourth-order valence-electron chi connectivity index (χ4n) is 2.63. The molecule has 1 unspecified atom stereocenters. The zero-order chi connectivity index (χ0) is 15.8. The molecule has 3 nitrogen and oxygen atoms in total. The molecule has 1 aliphatic rings. The molecule has 1 aromatic rings. The SMILES string of the molecule is CC(C)(C)C1CCN(S(=O)(=O)c2ccc(CCl)cc2F)C1. The molecule has 0 aromatic heterocycles. The molecular formula is C15H21ClFNO2S. The molecule has 1 aromatic carbocycles. The average molecular weight is 334 g/mol. The quantitative estimate of drug-likeness (QED) is 0.792. The molecule has 1 saturated heterocycles. The van der Waals surface area contributed by atoms with Gasteiger partial charge in [-0.2, -0.15) is 4.31 Å². The molecule has 1 atom stereocenters. The Balaban J connectivity index is 2.28. The summed E-state index contributed by atoms with van der Waals surface area (Å²) in [4.78, 5) is -0.258. The van der Waals surface area contributed by atoms with Crippen molar-refractivity contribution in [3.63, 3.8) is 0 Å². The lowest BCUT2D eigenvalue weighted by Crippen LogP contribution is -2.31. The third-order valence-electron chi connectivity index (χ3n) is 4.14. The van der Waals surface area contributed by atoms with Crippen molar-refractivity contribution in [1.82, 2.24) is 4.31 Å². The van der Waals surface area contributed by atoms with E-state index in [1.54, 1.807) is 6.07 Å². The molecule has 6 heteroatoms. The predicted molar refractivity (Wildman–Crippen MR) is 82.3 cm³/mol. The molecule has 1 fully saturated rings. The van der Waals surface area contributed by atoms with Crippen molar-refractivity contribution >= 4 is 21.6 Å². The Labute approximate surface area is 131 Å². The number of nitrogens with zero attached hydrogens (tertiary/aromatic N) is 1. The summed E-state index contributed by atoms with van der Waals surface area (Å²) in [6.45, 7) is 7.19. The maximum Gasteiger partial charge on any atom is 0.245 e. The maximum atomic E-state index is 14.1. The highest BCUT2D eigenvalue weighted by molar-refractivity contribution is 7.89. The number of sulfonamides is 1. The summed E-state index contributed by atoms with van der Waals surface area (Å²) >= 11 is 5.64. The lowest BCUT2D eigenvalue weighted by Gasteiger charge is -2.26. The lowest BCUT2D eigenvalue weighted by molar-refractivity contribution is 0.252. The first-order valence-corrected chi connectivity index (χ1v) is 8.98. The van der Waals surface area contributed by atoms with Crippen LogP contribution >= 0.6 is 11.6 Å². The zero-order valence-corrected chi connectivity index (χ0v) is 14.1. The van der Waals surface area contributed by atoms with Gasteiger partial charge in [0.25, 0.3) is 0 Å². The van der Waals surface area contributed by atoms with Crippen LogP contribution in [0.3, 0.4) is 0 Å². The van der Waals surface area contributed by atoms with Crippen molar-refractivity contribution < 1.29 is 12.8 Å². The van der Waals surface area contributed by atoms with Gasteiger partial charge >= 0.3 is 0 Å². The van der Waals surface area contributed by atoms with Crippen LogP contribution in [0.1, 0.15) is 32.8 Å². The van der Waals surface area contributed by atoms with Gasteiger partial charge in [0, 0.05) is 19.0 Å². The van der Waals surface area contributed by atoms with Crippen LogP contribution in [0.25, 0.3) is 0 Å². The maximum absolute atomic E-state index is 14.1. The number of alkyl halides is 1. The number of halogens is 2. The Morgan fingerprint density at radius 2 is 2.05 bits per heavy atom. The first-order chi connectivity index (χ1) is 9.66. The standard InChI is InChI=1S/C15H21ClFNO2S/c1-15(2,3)12-6-7-18(10-12)21(19,20)14-5-4-11(9-16)8-13(14)17/h4-5,8,12H,6-7,9-10H2,1-3H3. The van der Waals surface area contributed by atoms with Gasteiger partial charge in [0.15, 0.2) is 0 Å². The summed E-state index contributed by atoms with van der Waals surface area (Å²) in [5.74, 6) is -0.280. The molecule has 0 N–H and O–H groups in total. The molecule has 1 aliphatic heterocycles. The fraction of sp³-hybridized carbons (Fsp3) is 0.600. The van der Waals surface area contributed by atoms with E-state index in [0.29, 0.717) is 18.7 Å². The monoisotopic (exact) mass is 333 g/mol. The Kier molecular flexibility index (Phi) is 4.66. The minimum absolute atomic E-state index is 0.0469. The highest BCUT2D eigenvalue weighted by Gasteiger charge is 2.38. The van der Waals surface area contributed by atoms with Crippen LogP contribution in [0.2, 0.25) is 0 Å². The molecule has 1 heterocycles. The highest BCUT2D eigenvalue weighted by atomic mass is 35.5. The molecule has 2 rings (SSSR count). The third-order valence-corrected chi connectivity index (χ3v) is 6.35. The van der Waals surface area contributed by atoms with Crippen LogP contribution in [-0.4, -0.2) is 25.8 Å². The predicted octanol–water partition coefficient (Wildman–Crippen LogP) is 3.62. The van der Waals surface area contributed by atoms with Gasteiger partial charge in [-0.15, -0.1) is 11.6 Å². The molecule has 118 valence electrons. The van der Waals surface area contributed by atoms with Crippen LogP contribution in [0.4, 0.5) is 4.39 Å². The van der Waals surface area contributed by atoms with Gasteiger partial charge in [0.2, 0.25) is 10.0 Å². The van der Waals surface area contributed by atoms with Crippen molar-refractivity contribution in [2.45, 2.75) is 38.0 Å². The van der Waals surface area contributed by atoms with Crippen molar-refractivity contribution in [3.05, 3.63) is 29.6 Å². The van der Waals surface area contributed by atoms with Crippen LogP contribution in [0.5, 0.6) is 0 Å². The normalized spacial score (nSPS) is 20.9. The van der Waals surface area contributed by atoms with E-state index in [0.717, 1.165) is 6.42 Å². The Morgan fingerprint density at radius 1 is 1.38 bits per heavy atom. The van der Waals surface area contributed by atoms with E-state index in [-0.39, 0.29) is 22.1 Å². The van der Waals surface area contributed by atoms with E-state index in [1.165, 1.54) is 16.4 Å². The zero-order valence-electron chi connectivity index (χ0n) is 12.6. The van der Waals surface area contributed by atoms with Crippen LogP contribution in [0.15, 0.2) is 23.1 Å². The lowest BCUT2D eigenvalue weighted by atomic mass is 9.80. The van der Waals surface area contributed by atoms with E-state index >= 15 is 0 Å². The average Bonchev–Trinajstić information content (AvgIpc) is 2.88. The van der Waals surface area contributed by atoms with Crippen LogP contribution < -0.4 is 0 Å². The van der Waals surface area contributed by atoms with Crippen LogP contribution in [-0.2, 0) is 15.9 Å². The van der Waals surface area contributed by atoms with Crippen molar-refractivity contribution in [1.29, 1.82) is 0 Å². The summed E-state index contributed by atoms with van der Waals surface area (Å²) in [6.07, 6.45) is 0.810. The number of rotatable bonds is 3. The summed E-state index contributed by atoms with van der Waals surface area (Å²) < 4.78 is 40.6. The highest BCUT2D eigenvalue weighted by Crippen LogP contribution is 2.36. The van der Waals surface area contributed by atoms with Gasteiger partial charge < -0.3 is 0 Å². The summed E-state index contributed by atoms with van der Waals surface area (Å²) in [7, 11) is -3.77. The van der Waals surface area contributed by atoms with Gasteiger partial charge in [-0.25, -0.2) is 12.8 Å². The molecule has 0 amide bonds. The van der Waals surface area contributed by atoms with Crippen molar-refractivity contribution in [3.8, 4) is 0 Å². The molecule has 0 spiro atoms. The fourth-order valence-corrected chi connectivity index (χ4v) is 4.34. The number of benzene rings is 1. The third kappa shape index (κ3) is 3.41. The second-order valence-corrected chi connectivity index (χ2v) is 8.79. The van der Waals surface area contributed by atoms with E-state index in [1.807, 2.05) is 0 Å². The summed E-state index contributed by atoms with van der Waals surface area (Å²) in [5, 5.41) is 0. The molecule has 21 heavy (non-hydrogen) atoms. The Morgan fingerprint density at radius 3 is 2.52 bits per heavy atom. The first kappa shape index (κ1) is 16.7. The first-order valence-electron chi connectivity index (χ1n) is 7.01. The van der Waals surface area contributed by atoms with E-state index in [9.17, 15) is 12.8 Å². The molecule has 0 bridgehead atoms. The van der Waals surface area contributed by atoms with Crippen molar-refractivity contribution in [2.24, 2.45) is 11.3 Å². The second-order valence-electron chi connectivity index (χ2n) is 6.61. The minimum Gasteiger partial charge on any atom is -0.207 e. The molecule has 0 saturated carbocycles. The van der Waals surface area contributed by atoms with Gasteiger partial charge in [-0.3, -0.25) is 0 Å². The number of hydrogen-bond donors (Lipinski definition) is 0. The topological polar surface area (TPSA) is 37.4 Å². The Bertz CT molecular complexity index is 625. The van der Waals surface area contributed by atoms with Gasteiger partial charge in [-0.05, 0) is 35.4 Å². The summed E-state index contributed by atoms with van der Waals surface area (Å²) in [5.41, 5.74) is 0.618. The second kappa shape index (κ2) is 5.86. The Hall–Kier alpha value is -0.650. The molecule has 0 aliphatic carbocycles. The van der Waals surface area contributed by atoms with Gasteiger partial charge in [0.05, 0.1) is 0 Å². The molecular weight excluding hydrogens is 313 g/mol. The van der Waals surface area contributed by atoms with E-state index in [2.05, 4.69) is 20.8 Å². The minimum atomic E-state index is -3.77. The van der Waals surface area contributed by atoms with Gasteiger partial charge in [-0.1, -0.05) is 26.8 Å². The van der Waals surface area contributed by atoms with Gasteiger partial charge in [0.1, 0.15) is 10.7 Å². The van der Waals surface area contributed by atoms with E-state index in [4.69, 9.17) is 11.6 Å².